The SMILES string of the molecule is Cc1ccc(-c2coc(C)n2)nc1. The van der Waals surface area contributed by atoms with Crippen LogP contribution in [0.2, 0.25) is 0 Å². The smallest absolute Gasteiger partial charge is 0.191 e. The molecule has 2 heterocycles. The molecule has 0 saturated heterocycles. The molecule has 0 saturated carbocycles. The molecule has 0 N–H and O–H groups in total. The van der Waals surface area contributed by atoms with Crippen LogP contribution in [0.4, 0.5) is 0 Å². The number of aryl methyl sites for hydroxylation is 2. The van der Waals surface area contributed by atoms with Crippen molar-refractivity contribution < 1.29 is 4.42 Å². The lowest BCUT2D eigenvalue weighted by Gasteiger charge is -1.94. The maximum absolute atomic E-state index is 5.10. The van der Waals surface area contributed by atoms with Gasteiger partial charge in [0, 0.05) is 13.1 Å². The van der Waals surface area contributed by atoms with Gasteiger partial charge in [0.2, 0.25) is 0 Å². The van der Waals surface area contributed by atoms with Gasteiger partial charge in [-0.15, -0.1) is 0 Å². The van der Waals surface area contributed by atoms with Crippen molar-refractivity contribution >= 4 is 0 Å². The Morgan fingerprint density at radius 3 is 2.54 bits per heavy atom. The van der Waals surface area contributed by atoms with Crippen LogP contribution < -0.4 is 0 Å². The third-order valence-electron chi connectivity index (χ3n) is 1.79. The van der Waals surface area contributed by atoms with E-state index < -0.39 is 0 Å². The van der Waals surface area contributed by atoms with Crippen LogP contribution in [0.5, 0.6) is 0 Å². The average molecular weight is 174 g/mol. The second kappa shape index (κ2) is 3.01. The van der Waals surface area contributed by atoms with Crippen LogP contribution in [0.3, 0.4) is 0 Å². The normalized spacial score (nSPS) is 10.3. The topological polar surface area (TPSA) is 38.9 Å². The summed E-state index contributed by atoms with van der Waals surface area (Å²) < 4.78 is 5.10. The van der Waals surface area contributed by atoms with Crippen LogP contribution in [0.25, 0.3) is 11.4 Å². The highest BCUT2D eigenvalue weighted by Gasteiger charge is 2.03. The monoisotopic (exact) mass is 174 g/mol. The van der Waals surface area contributed by atoms with Crippen LogP contribution in [0.15, 0.2) is 29.0 Å². The average Bonchev–Trinajstić information content (AvgIpc) is 2.53. The van der Waals surface area contributed by atoms with E-state index in [1.54, 1.807) is 6.26 Å². The highest BCUT2D eigenvalue weighted by molar-refractivity contribution is 5.52. The molecule has 0 aliphatic carbocycles. The quantitative estimate of drug-likeness (QED) is 0.666. The van der Waals surface area contributed by atoms with E-state index in [0.29, 0.717) is 5.89 Å². The zero-order valence-corrected chi connectivity index (χ0v) is 7.61. The molecule has 0 aromatic carbocycles. The van der Waals surface area contributed by atoms with Gasteiger partial charge in [-0.1, -0.05) is 6.07 Å². The number of rotatable bonds is 1. The van der Waals surface area contributed by atoms with Crippen LogP contribution >= 0.6 is 0 Å². The van der Waals surface area contributed by atoms with Crippen LogP contribution in [0.1, 0.15) is 11.5 Å². The van der Waals surface area contributed by atoms with Gasteiger partial charge < -0.3 is 4.42 Å². The van der Waals surface area contributed by atoms with E-state index in [1.807, 2.05) is 32.2 Å². The molecule has 0 aliphatic rings. The molecule has 0 spiro atoms. The number of aromatic nitrogens is 2. The highest BCUT2D eigenvalue weighted by atomic mass is 16.3. The van der Waals surface area contributed by atoms with E-state index in [-0.39, 0.29) is 0 Å². The Hall–Kier alpha value is -1.64. The Balaban J connectivity index is 2.41. The summed E-state index contributed by atoms with van der Waals surface area (Å²) in [6, 6.07) is 3.94. The zero-order chi connectivity index (χ0) is 9.26. The van der Waals surface area contributed by atoms with Gasteiger partial charge >= 0.3 is 0 Å². The van der Waals surface area contributed by atoms with Gasteiger partial charge in [-0.05, 0) is 18.6 Å². The number of hydrogen-bond donors (Lipinski definition) is 0. The molecule has 0 amide bonds. The minimum absolute atomic E-state index is 0.664. The number of nitrogens with zero attached hydrogens (tertiary/aromatic N) is 2. The predicted molar refractivity (Wildman–Crippen MR) is 49.2 cm³/mol. The first-order valence-corrected chi connectivity index (χ1v) is 4.11. The summed E-state index contributed by atoms with van der Waals surface area (Å²) in [4.78, 5) is 8.42. The first-order valence-electron chi connectivity index (χ1n) is 4.11. The van der Waals surface area contributed by atoms with Crippen LogP contribution in [0, 0.1) is 13.8 Å². The summed E-state index contributed by atoms with van der Waals surface area (Å²) in [5.74, 6) is 0.664. The van der Waals surface area contributed by atoms with Gasteiger partial charge in [0.05, 0.1) is 5.69 Å². The van der Waals surface area contributed by atoms with E-state index >= 15 is 0 Å². The molecule has 3 heteroatoms. The van der Waals surface area contributed by atoms with Crippen molar-refractivity contribution in [3.8, 4) is 11.4 Å². The lowest BCUT2D eigenvalue weighted by molar-refractivity contribution is 0.521. The highest BCUT2D eigenvalue weighted by Crippen LogP contribution is 2.15. The summed E-state index contributed by atoms with van der Waals surface area (Å²) in [6.07, 6.45) is 3.44. The van der Waals surface area contributed by atoms with E-state index in [9.17, 15) is 0 Å². The van der Waals surface area contributed by atoms with Gasteiger partial charge in [0.25, 0.3) is 0 Å². The van der Waals surface area contributed by atoms with Crippen LogP contribution in [-0.2, 0) is 0 Å². The largest absolute Gasteiger partial charge is 0.449 e. The van der Waals surface area contributed by atoms with Crippen LogP contribution in [-0.4, -0.2) is 9.97 Å². The maximum atomic E-state index is 5.10. The lowest BCUT2D eigenvalue weighted by Crippen LogP contribution is -1.83. The Morgan fingerprint density at radius 2 is 2.00 bits per heavy atom. The summed E-state index contributed by atoms with van der Waals surface area (Å²) in [7, 11) is 0. The summed E-state index contributed by atoms with van der Waals surface area (Å²) in [5.41, 5.74) is 2.78. The second-order valence-electron chi connectivity index (χ2n) is 2.97. The molecular formula is C10H10N2O. The standard InChI is InChI=1S/C10H10N2O/c1-7-3-4-9(11-5-7)10-6-13-8(2)12-10/h3-6H,1-2H3. The molecule has 0 unspecified atom stereocenters. The van der Waals surface area contributed by atoms with Crippen molar-refractivity contribution in [1.82, 2.24) is 9.97 Å². The van der Waals surface area contributed by atoms with E-state index in [0.717, 1.165) is 17.0 Å². The summed E-state index contributed by atoms with van der Waals surface area (Å²) in [6.45, 7) is 3.82. The zero-order valence-electron chi connectivity index (χ0n) is 7.61. The minimum atomic E-state index is 0.664. The van der Waals surface area contributed by atoms with Crippen molar-refractivity contribution in [2.45, 2.75) is 13.8 Å². The van der Waals surface area contributed by atoms with Crippen molar-refractivity contribution in [3.05, 3.63) is 36.0 Å². The van der Waals surface area contributed by atoms with Gasteiger partial charge in [-0.2, -0.15) is 0 Å². The summed E-state index contributed by atoms with van der Waals surface area (Å²) in [5, 5.41) is 0. The molecular weight excluding hydrogens is 164 g/mol. The molecule has 66 valence electrons. The minimum Gasteiger partial charge on any atom is -0.449 e. The molecule has 0 fully saturated rings. The molecule has 0 aliphatic heterocycles. The van der Waals surface area contributed by atoms with Crippen molar-refractivity contribution in [2.75, 3.05) is 0 Å². The van der Waals surface area contributed by atoms with Crippen molar-refractivity contribution in [3.63, 3.8) is 0 Å². The third kappa shape index (κ3) is 1.59. The lowest BCUT2D eigenvalue weighted by atomic mass is 10.2. The fourth-order valence-corrected chi connectivity index (χ4v) is 1.10. The molecule has 2 aromatic rings. The van der Waals surface area contributed by atoms with Crippen molar-refractivity contribution in [2.24, 2.45) is 0 Å². The number of pyridine rings is 1. The fourth-order valence-electron chi connectivity index (χ4n) is 1.10. The molecule has 13 heavy (non-hydrogen) atoms. The predicted octanol–water partition coefficient (Wildman–Crippen LogP) is 2.35. The Kier molecular flexibility index (Phi) is 1.85. The molecule has 0 radical (unpaired) electrons. The molecule has 3 nitrogen and oxygen atoms in total. The van der Waals surface area contributed by atoms with E-state index in [4.69, 9.17) is 4.42 Å². The van der Waals surface area contributed by atoms with Gasteiger partial charge in [0.1, 0.15) is 12.0 Å². The second-order valence-corrected chi connectivity index (χ2v) is 2.97. The van der Waals surface area contributed by atoms with Gasteiger partial charge in [-0.3, -0.25) is 4.98 Å². The Labute approximate surface area is 76.5 Å². The number of oxazole rings is 1. The van der Waals surface area contributed by atoms with Gasteiger partial charge in [-0.25, -0.2) is 4.98 Å². The summed E-state index contributed by atoms with van der Waals surface area (Å²) >= 11 is 0. The van der Waals surface area contributed by atoms with Crippen molar-refractivity contribution in [1.29, 1.82) is 0 Å². The molecule has 0 bridgehead atoms. The van der Waals surface area contributed by atoms with Gasteiger partial charge in [0.15, 0.2) is 5.89 Å². The third-order valence-corrected chi connectivity index (χ3v) is 1.79. The maximum Gasteiger partial charge on any atom is 0.191 e. The number of hydrogen-bond acceptors (Lipinski definition) is 3. The first kappa shape index (κ1) is 7.98. The van der Waals surface area contributed by atoms with E-state index in [1.165, 1.54) is 0 Å². The Bertz CT molecular complexity index is 403. The molecule has 2 aromatic heterocycles. The Morgan fingerprint density at radius 1 is 1.15 bits per heavy atom. The molecule has 2 rings (SSSR count). The fraction of sp³-hybridized carbons (Fsp3) is 0.200. The van der Waals surface area contributed by atoms with E-state index in [2.05, 4.69) is 9.97 Å². The first-order chi connectivity index (χ1) is 6.25. The molecule has 0 atom stereocenters.